The molecule has 0 radical (unpaired) electrons. The topological polar surface area (TPSA) is 58.3 Å². The molecule has 1 aromatic heterocycles. The van der Waals surface area contributed by atoms with Gasteiger partial charge in [0.25, 0.3) is 6.01 Å². The Balaban J connectivity index is 2.49. The van der Waals surface area contributed by atoms with Gasteiger partial charge in [-0.1, -0.05) is 0 Å². The Bertz CT molecular complexity index is 422. The first kappa shape index (κ1) is 7.91. The number of phenolic OH excluding ortho intramolecular Hbond substituents is 1. The number of anilines is 1. The summed E-state index contributed by atoms with van der Waals surface area (Å²) in [6.45, 7) is 2.73. The van der Waals surface area contributed by atoms with Crippen molar-refractivity contribution in [2.75, 3.05) is 11.9 Å². The molecule has 0 saturated heterocycles. The summed E-state index contributed by atoms with van der Waals surface area (Å²) < 4.78 is 5.31. The minimum Gasteiger partial charge on any atom is -0.508 e. The minimum atomic E-state index is 0.187. The van der Waals surface area contributed by atoms with Crippen LogP contribution >= 0.6 is 0 Å². The van der Waals surface area contributed by atoms with Crippen molar-refractivity contribution < 1.29 is 9.52 Å². The molecular formula is C9H10N2O2. The molecule has 0 saturated carbocycles. The second kappa shape index (κ2) is 2.97. The maximum absolute atomic E-state index is 9.16. The molecule has 0 aliphatic carbocycles. The number of nitrogens with zero attached hydrogens (tertiary/aromatic N) is 1. The summed E-state index contributed by atoms with van der Waals surface area (Å²) in [4.78, 5) is 4.15. The second-order valence-electron chi connectivity index (χ2n) is 2.70. The lowest BCUT2D eigenvalue weighted by molar-refractivity contribution is 0.474. The van der Waals surface area contributed by atoms with Gasteiger partial charge in [-0.05, 0) is 19.1 Å². The second-order valence-corrected chi connectivity index (χ2v) is 2.70. The third kappa shape index (κ3) is 1.42. The van der Waals surface area contributed by atoms with Gasteiger partial charge in [0, 0.05) is 12.6 Å². The lowest BCUT2D eigenvalue weighted by Crippen LogP contribution is -1.95. The molecule has 0 aliphatic rings. The van der Waals surface area contributed by atoms with E-state index in [0.29, 0.717) is 11.6 Å². The quantitative estimate of drug-likeness (QED) is 0.738. The third-order valence-corrected chi connectivity index (χ3v) is 1.70. The van der Waals surface area contributed by atoms with Gasteiger partial charge < -0.3 is 14.8 Å². The lowest BCUT2D eigenvalue weighted by atomic mass is 10.3. The van der Waals surface area contributed by atoms with E-state index in [-0.39, 0.29) is 5.75 Å². The molecule has 0 bridgehead atoms. The summed E-state index contributed by atoms with van der Waals surface area (Å²) in [6, 6.07) is 5.33. The molecule has 0 aliphatic heterocycles. The molecule has 0 amide bonds. The molecule has 1 heterocycles. The first-order valence-electron chi connectivity index (χ1n) is 4.13. The third-order valence-electron chi connectivity index (χ3n) is 1.70. The number of aromatic nitrogens is 1. The maximum atomic E-state index is 9.16. The molecule has 2 aromatic rings. The van der Waals surface area contributed by atoms with Crippen molar-refractivity contribution >= 4 is 17.1 Å². The Labute approximate surface area is 75.2 Å². The highest BCUT2D eigenvalue weighted by Gasteiger charge is 2.04. The first-order chi connectivity index (χ1) is 6.29. The summed E-state index contributed by atoms with van der Waals surface area (Å²) in [7, 11) is 0. The highest BCUT2D eigenvalue weighted by molar-refractivity contribution is 5.75. The van der Waals surface area contributed by atoms with E-state index in [1.807, 2.05) is 6.92 Å². The largest absolute Gasteiger partial charge is 0.508 e. The van der Waals surface area contributed by atoms with Gasteiger partial charge in [-0.2, -0.15) is 4.98 Å². The lowest BCUT2D eigenvalue weighted by Gasteiger charge is -1.91. The van der Waals surface area contributed by atoms with Crippen LogP contribution in [0.3, 0.4) is 0 Å². The molecule has 0 atom stereocenters. The molecule has 0 spiro atoms. The molecule has 4 heteroatoms. The Kier molecular flexibility index (Phi) is 1.81. The minimum absolute atomic E-state index is 0.187. The van der Waals surface area contributed by atoms with Crippen molar-refractivity contribution in [3.63, 3.8) is 0 Å². The van der Waals surface area contributed by atoms with Crippen LogP contribution in [0, 0.1) is 0 Å². The molecule has 4 nitrogen and oxygen atoms in total. The van der Waals surface area contributed by atoms with Gasteiger partial charge in [-0.25, -0.2) is 0 Å². The van der Waals surface area contributed by atoms with Gasteiger partial charge in [0.15, 0.2) is 5.58 Å². The van der Waals surface area contributed by atoms with Crippen molar-refractivity contribution in [2.45, 2.75) is 6.92 Å². The summed E-state index contributed by atoms with van der Waals surface area (Å²) in [6.07, 6.45) is 0. The van der Waals surface area contributed by atoms with Gasteiger partial charge >= 0.3 is 0 Å². The Morgan fingerprint density at radius 3 is 3.15 bits per heavy atom. The van der Waals surface area contributed by atoms with Gasteiger partial charge in [0.05, 0.1) is 0 Å². The molecule has 0 fully saturated rings. The van der Waals surface area contributed by atoms with Crippen LogP contribution in [0.25, 0.3) is 11.1 Å². The van der Waals surface area contributed by atoms with Crippen LogP contribution in [0.4, 0.5) is 6.01 Å². The molecule has 68 valence electrons. The van der Waals surface area contributed by atoms with Crippen molar-refractivity contribution in [2.24, 2.45) is 0 Å². The van der Waals surface area contributed by atoms with E-state index in [2.05, 4.69) is 10.3 Å². The fourth-order valence-electron chi connectivity index (χ4n) is 1.14. The number of benzene rings is 1. The predicted octanol–water partition coefficient (Wildman–Crippen LogP) is 1.97. The number of fused-ring (bicyclic) bond motifs is 1. The number of hydrogen-bond acceptors (Lipinski definition) is 4. The van der Waals surface area contributed by atoms with Gasteiger partial charge in [-0.15, -0.1) is 0 Å². The van der Waals surface area contributed by atoms with E-state index < -0.39 is 0 Å². The van der Waals surface area contributed by atoms with Gasteiger partial charge in [0.2, 0.25) is 0 Å². The molecule has 0 unspecified atom stereocenters. The van der Waals surface area contributed by atoms with Crippen molar-refractivity contribution in [1.29, 1.82) is 0 Å². The average Bonchev–Trinajstić information content (AvgIpc) is 2.46. The Hall–Kier alpha value is -1.71. The highest BCUT2D eigenvalue weighted by Crippen LogP contribution is 2.22. The predicted molar refractivity (Wildman–Crippen MR) is 49.8 cm³/mol. The average molecular weight is 178 g/mol. The maximum Gasteiger partial charge on any atom is 0.295 e. The van der Waals surface area contributed by atoms with Crippen LogP contribution in [-0.2, 0) is 0 Å². The monoisotopic (exact) mass is 178 g/mol. The van der Waals surface area contributed by atoms with Crippen molar-refractivity contribution in [3.8, 4) is 5.75 Å². The van der Waals surface area contributed by atoms with E-state index in [9.17, 15) is 0 Å². The summed E-state index contributed by atoms with van der Waals surface area (Å²) in [5.74, 6) is 0.187. The SMILES string of the molecule is CCNc1nc2ccc(O)cc2o1. The highest BCUT2D eigenvalue weighted by atomic mass is 16.4. The molecule has 1 aromatic carbocycles. The molecule has 2 N–H and O–H groups in total. The van der Waals surface area contributed by atoms with E-state index in [1.54, 1.807) is 18.2 Å². The standard InChI is InChI=1S/C9H10N2O2/c1-2-10-9-11-7-4-3-6(12)5-8(7)13-9/h3-5,12H,2H2,1H3,(H,10,11). The van der Waals surface area contributed by atoms with E-state index in [0.717, 1.165) is 12.1 Å². The van der Waals surface area contributed by atoms with E-state index in [4.69, 9.17) is 9.52 Å². The summed E-state index contributed by atoms with van der Waals surface area (Å²) in [5.41, 5.74) is 1.34. The van der Waals surface area contributed by atoms with Crippen LogP contribution in [-0.4, -0.2) is 16.6 Å². The number of phenols is 1. The smallest absolute Gasteiger partial charge is 0.295 e. The molecule has 13 heavy (non-hydrogen) atoms. The van der Waals surface area contributed by atoms with Crippen LogP contribution in [0.1, 0.15) is 6.92 Å². The zero-order valence-electron chi connectivity index (χ0n) is 7.24. The van der Waals surface area contributed by atoms with Crippen LogP contribution in [0.15, 0.2) is 22.6 Å². The number of hydrogen-bond donors (Lipinski definition) is 2. The van der Waals surface area contributed by atoms with Crippen LogP contribution in [0.2, 0.25) is 0 Å². The Morgan fingerprint density at radius 1 is 1.54 bits per heavy atom. The number of nitrogens with one attached hydrogen (secondary N) is 1. The van der Waals surface area contributed by atoms with Crippen LogP contribution in [0.5, 0.6) is 5.75 Å². The Morgan fingerprint density at radius 2 is 2.38 bits per heavy atom. The zero-order valence-corrected chi connectivity index (χ0v) is 7.24. The zero-order chi connectivity index (χ0) is 9.26. The van der Waals surface area contributed by atoms with Crippen molar-refractivity contribution in [1.82, 2.24) is 4.98 Å². The molecule has 2 rings (SSSR count). The van der Waals surface area contributed by atoms with Crippen molar-refractivity contribution in [3.05, 3.63) is 18.2 Å². The number of rotatable bonds is 2. The summed E-state index contributed by atoms with van der Waals surface area (Å²) in [5, 5.41) is 12.1. The van der Waals surface area contributed by atoms with E-state index in [1.165, 1.54) is 0 Å². The van der Waals surface area contributed by atoms with Gasteiger partial charge in [0.1, 0.15) is 11.3 Å². The van der Waals surface area contributed by atoms with Gasteiger partial charge in [-0.3, -0.25) is 0 Å². The fourth-order valence-corrected chi connectivity index (χ4v) is 1.14. The fraction of sp³-hybridized carbons (Fsp3) is 0.222. The van der Waals surface area contributed by atoms with E-state index >= 15 is 0 Å². The van der Waals surface area contributed by atoms with Crippen LogP contribution < -0.4 is 5.32 Å². The number of oxazole rings is 1. The first-order valence-corrected chi connectivity index (χ1v) is 4.13. The normalized spacial score (nSPS) is 10.5. The molecular weight excluding hydrogens is 168 g/mol. The number of aromatic hydroxyl groups is 1. The summed E-state index contributed by atoms with van der Waals surface area (Å²) >= 11 is 0.